The van der Waals surface area contributed by atoms with Crippen molar-refractivity contribution in [3.05, 3.63) is 59.8 Å². The van der Waals surface area contributed by atoms with Crippen molar-refractivity contribution < 1.29 is 14.6 Å². The lowest BCUT2D eigenvalue weighted by atomic mass is 10.1. The molecule has 1 aromatic carbocycles. The summed E-state index contributed by atoms with van der Waals surface area (Å²) in [6.07, 6.45) is 1.43. The van der Waals surface area contributed by atoms with E-state index >= 15 is 0 Å². The SMILES string of the molecule is CCOc1ncccc1C(=O)NCC(O)Cc1ccccc1. The van der Waals surface area contributed by atoms with Crippen LogP contribution < -0.4 is 10.1 Å². The number of rotatable bonds is 7. The topological polar surface area (TPSA) is 71.5 Å². The largest absolute Gasteiger partial charge is 0.477 e. The van der Waals surface area contributed by atoms with Gasteiger partial charge in [-0.2, -0.15) is 0 Å². The lowest BCUT2D eigenvalue weighted by molar-refractivity contribution is 0.0911. The van der Waals surface area contributed by atoms with Crippen molar-refractivity contribution in [1.29, 1.82) is 0 Å². The lowest BCUT2D eigenvalue weighted by Crippen LogP contribution is -2.33. The maximum Gasteiger partial charge on any atom is 0.256 e. The number of aromatic nitrogens is 1. The highest BCUT2D eigenvalue weighted by atomic mass is 16.5. The third-order valence-electron chi connectivity index (χ3n) is 3.11. The fourth-order valence-electron chi connectivity index (χ4n) is 2.08. The molecule has 0 aliphatic heterocycles. The summed E-state index contributed by atoms with van der Waals surface area (Å²) in [6.45, 7) is 2.45. The zero-order chi connectivity index (χ0) is 15.8. The van der Waals surface area contributed by atoms with Crippen molar-refractivity contribution in [3.63, 3.8) is 0 Å². The normalized spacial score (nSPS) is 11.7. The van der Waals surface area contributed by atoms with Gasteiger partial charge in [-0.1, -0.05) is 30.3 Å². The van der Waals surface area contributed by atoms with E-state index in [1.807, 2.05) is 37.3 Å². The van der Waals surface area contributed by atoms with Crippen LogP contribution >= 0.6 is 0 Å². The first-order valence-corrected chi connectivity index (χ1v) is 7.28. The van der Waals surface area contributed by atoms with Crippen LogP contribution in [0.15, 0.2) is 48.7 Å². The molecule has 1 amide bonds. The van der Waals surface area contributed by atoms with Crippen LogP contribution in [-0.2, 0) is 6.42 Å². The predicted molar refractivity (Wildman–Crippen MR) is 83.9 cm³/mol. The van der Waals surface area contributed by atoms with Crippen molar-refractivity contribution in [3.8, 4) is 5.88 Å². The lowest BCUT2D eigenvalue weighted by Gasteiger charge is -2.13. The van der Waals surface area contributed by atoms with Crippen LogP contribution in [-0.4, -0.2) is 35.3 Å². The second-order valence-electron chi connectivity index (χ2n) is 4.84. The maximum atomic E-state index is 12.2. The molecule has 1 aromatic heterocycles. The molecule has 5 nitrogen and oxygen atoms in total. The Labute approximate surface area is 130 Å². The summed E-state index contributed by atoms with van der Waals surface area (Å²) in [4.78, 5) is 16.2. The molecule has 1 unspecified atom stereocenters. The van der Waals surface area contributed by atoms with Crippen LogP contribution in [0.4, 0.5) is 0 Å². The average molecular weight is 300 g/mol. The summed E-state index contributed by atoms with van der Waals surface area (Å²) in [6, 6.07) is 13.0. The fraction of sp³-hybridized carbons (Fsp3) is 0.294. The number of aliphatic hydroxyl groups is 1. The van der Waals surface area contributed by atoms with E-state index in [9.17, 15) is 9.90 Å². The number of amides is 1. The molecule has 0 saturated heterocycles. The molecular weight excluding hydrogens is 280 g/mol. The number of pyridine rings is 1. The van der Waals surface area contributed by atoms with Gasteiger partial charge in [-0.3, -0.25) is 4.79 Å². The van der Waals surface area contributed by atoms with Gasteiger partial charge in [0.15, 0.2) is 0 Å². The first-order valence-electron chi connectivity index (χ1n) is 7.28. The summed E-state index contributed by atoms with van der Waals surface area (Å²) in [5.41, 5.74) is 1.40. The standard InChI is InChI=1S/C17H20N2O3/c1-2-22-17-15(9-6-10-18-17)16(21)19-12-14(20)11-13-7-4-3-5-8-13/h3-10,14,20H,2,11-12H2,1H3,(H,19,21). The van der Waals surface area contributed by atoms with Gasteiger partial charge in [0.2, 0.25) is 5.88 Å². The van der Waals surface area contributed by atoms with Crippen molar-refractivity contribution in [2.75, 3.05) is 13.2 Å². The molecule has 0 spiro atoms. The van der Waals surface area contributed by atoms with Crippen LogP contribution in [0.5, 0.6) is 5.88 Å². The quantitative estimate of drug-likeness (QED) is 0.818. The maximum absolute atomic E-state index is 12.2. The smallest absolute Gasteiger partial charge is 0.256 e. The Morgan fingerprint density at radius 2 is 2.05 bits per heavy atom. The Morgan fingerprint density at radius 1 is 1.27 bits per heavy atom. The number of ether oxygens (including phenoxy) is 1. The minimum atomic E-state index is -0.640. The van der Waals surface area contributed by atoms with Gasteiger partial charge in [-0.25, -0.2) is 4.98 Å². The van der Waals surface area contributed by atoms with Crippen LogP contribution in [0.25, 0.3) is 0 Å². The zero-order valence-corrected chi connectivity index (χ0v) is 12.5. The number of carbonyl (C=O) groups excluding carboxylic acids is 1. The Morgan fingerprint density at radius 3 is 2.77 bits per heavy atom. The number of hydrogen-bond donors (Lipinski definition) is 2. The number of aliphatic hydroxyl groups excluding tert-OH is 1. The van der Waals surface area contributed by atoms with Crippen molar-refractivity contribution in [1.82, 2.24) is 10.3 Å². The van der Waals surface area contributed by atoms with Crippen molar-refractivity contribution in [2.45, 2.75) is 19.4 Å². The zero-order valence-electron chi connectivity index (χ0n) is 12.5. The Bertz CT molecular complexity index is 602. The first-order chi connectivity index (χ1) is 10.7. The van der Waals surface area contributed by atoms with Crippen LogP contribution in [0.3, 0.4) is 0 Å². The molecule has 1 heterocycles. The first kappa shape index (κ1) is 16.0. The summed E-state index contributed by atoms with van der Waals surface area (Å²) < 4.78 is 5.33. The van der Waals surface area contributed by atoms with Crippen LogP contribution in [0.2, 0.25) is 0 Å². The van der Waals surface area contributed by atoms with Gasteiger partial charge in [-0.05, 0) is 24.6 Å². The Balaban J connectivity index is 1.90. The van der Waals surface area contributed by atoms with Gasteiger partial charge >= 0.3 is 0 Å². The number of nitrogens with zero attached hydrogens (tertiary/aromatic N) is 1. The fourth-order valence-corrected chi connectivity index (χ4v) is 2.08. The molecule has 2 rings (SSSR count). The molecule has 1 atom stereocenters. The second-order valence-corrected chi connectivity index (χ2v) is 4.84. The van der Waals surface area contributed by atoms with Gasteiger partial charge in [0.1, 0.15) is 5.56 Å². The van der Waals surface area contributed by atoms with Crippen LogP contribution in [0.1, 0.15) is 22.8 Å². The van der Waals surface area contributed by atoms with Gasteiger partial charge in [0.05, 0.1) is 12.7 Å². The third-order valence-corrected chi connectivity index (χ3v) is 3.11. The molecule has 5 heteroatoms. The van der Waals surface area contributed by atoms with E-state index < -0.39 is 6.10 Å². The highest BCUT2D eigenvalue weighted by Crippen LogP contribution is 2.14. The van der Waals surface area contributed by atoms with E-state index in [-0.39, 0.29) is 12.5 Å². The summed E-state index contributed by atoms with van der Waals surface area (Å²) in [7, 11) is 0. The van der Waals surface area contributed by atoms with Gasteiger partial charge in [0, 0.05) is 19.2 Å². The number of nitrogens with one attached hydrogen (secondary N) is 1. The van der Waals surface area contributed by atoms with Gasteiger partial charge in [0.25, 0.3) is 5.91 Å². The van der Waals surface area contributed by atoms with Crippen molar-refractivity contribution in [2.24, 2.45) is 0 Å². The minimum absolute atomic E-state index is 0.175. The molecule has 0 radical (unpaired) electrons. The Kier molecular flexibility index (Phi) is 5.91. The molecule has 0 saturated carbocycles. The van der Waals surface area contributed by atoms with E-state index in [2.05, 4.69) is 10.3 Å². The molecule has 0 aliphatic carbocycles. The van der Waals surface area contributed by atoms with E-state index in [0.29, 0.717) is 24.5 Å². The molecule has 0 aliphatic rings. The number of hydrogen-bond acceptors (Lipinski definition) is 4. The summed E-state index contributed by atoms with van der Waals surface area (Å²) in [5, 5.41) is 12.7. The van der Waals surface area contributed by atoms with Gasteiger partial charge < -0.3 is 15.2 Å². The van der Waals surface area contributed by atoms with Gasteiger partial charge in [-0.15, -0.1) is 0 Å². The Hall–Kier alpha value is -2.40. The second kappa shape index (κ2) is 8.14. The van der Waals surface area contributed by atoms with Crippen molar-refractivity contribution >= 4 is 5.91 Å². The van der Waals surface area contributed by atoms with E-state index in [4.69, 9.17) is 4.74 Å². The van der Waals surface area contributed by atoms with E-state index in [1.54, 1.807) is 18.3 Å². The molecular formula is C17H20N2O3. The molecule has 0 bridgehead atoms. The van der Waals surface area contributed by atoms with Crippen LogP contribution in [0, 0.1) is 0 Å². The minimum Gasteiger partial charge on any atom is -0.477 e. The van der Waals surface area contributed by atoms with E-state index in [0.717, 1.165) is 5.56 Å². The molecule has 0 fully saturated rings. The predicted octanol–water partition coefficient (Wildman–Crippen LogP) is 1.81. The third kappa shape index (κ3) is 4.56. The number of benzene rings is 1. The monoisotopic (exact) mass is 300 g/mol. The molecule has 22 heavy (non-hydrogen) atoms. The number of carbonyl (C=O) groups is 1. The summed E-state index contributed by atoms with van der Waals surface area (Å²) in [5.74, 6) is 0.00344. The average Bonchev–Trinajstić information content (AvgIpc) is 2.54. The summed E-state index contributed by atoms with van der Waals surface area (Å²) >= 11 is 0. The molecule has 2 aromatic rings. The molecule has 116 valence electrons. The highest BCUT2D eigenvalue weighted by molar-refractivity contribution is 5.96. The highest BCUT2D eigenvalue weighted by Gasteiger charge is 2.14. The van der Waals surface area contributed by atoms with E-state index in [1.165, 1.54) is 0 Å². The molecule has 2 N–H and O–H groups in total.